The van der Waals surface area contributed by atoms with Crippen molar-refractivity contribution in [3.8, 4) is 0 Å². The van der Waals surface area contributed by atoms with Crippen LogP contribution >= 0.6 is 27.3 Å². The molecule has 2 N–H and O–H groups in total. The first-order valence-corrected chi connectivity index (χ1v) is 11.3. The summed E-state index contributed by atoms with van der Waals surface area (Å²) in [5.41, 5.74) is 0. The lowest BCUT2D eigenvalue weighted by Gasteiger charge is -2.07. The molecule has 2 aromatic rings. The Morgan fingerprint density at radius 2 is 1.85 bits per heavy atom. The van der Waals surface area contributed by atoms with Crippen molar-refractivity contribution in [2.45, 2.75) is 43.9 Å². The van der Waals surface area contributed by atoms with Crippen LogP contribution in [0, 0.1) is 0 Å². The molecule has 0 unspecified atom stereocenters. The summed E-state index contributed by atoms with van der Waals surface area (Å²) in [5.74, 6) is 0.0339. The molecule has 1 heterocycles. The number of nitrogens with one attached hydrogen (secondary N) is 2. The average Bonchev–Trinajstić information content (AvgIpc) is 3.04. The molecule has 0 aliphatic rings. The van der Waals surface area contributed by atoms with E-state index in [0.29, 0.717) is 11.0 Å². The van der Waals surface area contributed by atoms with Crippen LogP contribution in [0.2, 0.25) is 0 Å². The molecule has 0 saturated heterocycles. The number of rotatable bonds is 9. The van der Waals surface area contributed by atoms with Gasteiger partial charge in [0.1, 0.15) is 5.01 Å². The van der Waals surface area contributed by atoms with Crippen LogP contribution in [-0.2, 0) is 14.8 Å². The van der Waals surface area contributed by atoms with Gasteiger partial charge in [-0.1, -0.05) is 41.1 Å². The summed E-state index contributed by atoms with van der Waals surface area (Å²) >= 11 is 4.62. The van der Waals surface area contributed by atoms with Crippen molar-refractivity contribution >= 4 is 48.3 Å². The number of sulfonamides is 1. The van der Waals surface area contributed by atoms with Gasteiger partial charge >= 0.3 is 0 Å². The second-order valence-electron chi connectivity index (χ2n) is 5.61. The molecule has 1 amide bonds. The van der Waals surface area contributed by atoms with Gasteiger partial charge in [-0.15, -0.1) is 10.2 Å². The minimum atomic E-state index is -3.64. The van der Waals surface area contributed by atoms with E-state index in [-0.39, 0.29) is 23.8 Å². The average molecular weight is 461 g/mol. The fourth-order valence-corrected chi connectivity index (χ4v) is 4.59. The molecule has 2 rings (SSSR count). The summed E-state index contributed by atoms with van der Waals surface area (Å²) in [5, 5.41) is 12.1. The van der Waals surface area contributed by atoms with Crippen LogP contribution in [0.4, 0.5) is 5.13 Å². The summed E-state index contributed by atoms with van der Waals surface area (Å²) in [6.07, 6.45) is 1.95. The molecule has 1 aromatic carbocycles. The number of carbonyl (C=O) groups excluding carboxylic acids is 1. The lowest BCUT2D eigenvalue weighted by atomic mass is 10.1. The first-order valence-electron chi connectivity index (χ1n) is 8.24. The van der Waals surface area contributed by atoms with Crippen LogP contribution in [0.25, 0.3) is 0 Å². The number of benzene rings is 1. The smallest absolute Gasteiger partial charge is 0.240 e. The molecule has 0 radical (unpaired) electrons. The first-order chi connectivity index (χ1) is 12.4. The Bertz CT molecular complexity index is 833. The van der Waals surface area contributed by atoms with E-state index in [1.807, 2.05) is 0 Å². The van der Waals surface area contributed by atoms with E-state index in [4.69, 9.17) is 0 Å². The minimum absolute atomic E-state index is 0.00242. The summed E-state index contributed by atoms with van der Waals surface area (Å²) in [7, 11) is -3.64. The molecule has 10 heteroatoms. The van der Waals surface area contributed by atoms with E-state index in [1.165, 1.54) is 23.5 Å². The number of hydrogen-bond donors (Lipinski definition) is 2. The van der Waals surface area contributed by atoms with Crippen molar-refractivity contribution in [2.24, 2.45) is 0 Å². The lowest BCUT2D eigenvalue weighted by molar-refractivity contribution is -0.116. The highest BCUT2D eigenvalue weighted by molar-refractivity contribution is 9.10. The zero-order chi connectivity index (χ0) is 19.2. The van der Waals surface area contributed by atoms with Gasteiger partial charge < -0.3 is 5.32 Å². The van der Waals surface area contributed by atoms with Crippen molar-refractivity contribution in [1.82, 2.24) is 14.9 Å². The van der Waals surface area contributed by atoms with E-state index >= 15 is 0 Å². The number of carbonyl (C=O) groups is 1. The lowest BCUT2D eigenvalue weighted by Crippen LogP contribution is -2.27. The minimum Gasteiger partial charge on any atom is -0.300 e. The Morgan fingerprint density at radius 1 is 1.19 bits per heavy atom. The number of aromatic nitrogens is 2. The molecule has 0 aliphatic carbocycles. The van der Waals surface area contributed by atoms with Gasteiger partial charge in [-0.25, -0.2) is 13.1 Å². The van der Waals surface area contributed by atoms with Crippen LogP contribution in [0.3, 0.4) is 0 Å². The second-order valence-corrected chi connectivity index (χ2v) is 9.30. The summed E-state index contributed by atoms with van der Waals surface area (Å²) in [4.78, 5) is 12.1. The van der Waals surface area contributed by atoms with Crippen molar-refractivity contribution in [3.63, 3.8) is 0 Å². The third-order valence-corrected chi connectivity index (χ3v) is 6.80. The predicted molar refractivity (Wildman–Crippen MR) is 106 cm³/mol. The molecular weight excluding hydrogens is 440 g/mol. The van der Waals surface area contributed by atoms with E-state index in [1.54, 1.807) is 12.1 Å². The molecule has 7 nitrogen and oxygen atoms in total. The molecule has 26 heavy (non-hydrogen) atoms. The van der Waals surface area contributed by atoms with Gasteiger partial charge in [-0.2, -0.15) is 0 Å². The standard InChI is InChI=1S/C16H21BrN4O3S2/c1-3-11(4-2)15-20-21-16(25-15)19-14(22)9-10-18-26(23,24)13-7-5-12(17)6-8-13/h5-8,11,18H,3-4,9-10H2,1-2H3,(H,19,21,22). The van der Waals surface area contributed by atoms with Gasteiger partial charge in [0.25, 0.3) is 0 Å². The molecular formula is C16H21BrN4O3S2. The number of halogens is 1. The van der Waals surface area contributed by atoms with Gasteiger partial charge in [0, 0.05) is 23.4 Å². The van der Waals surface area contributed by atoms with Crippen LogP contribution in [0.1, 0.15) is 44.0 Å². The third-order valence-electron chi connectivity index (χ3n) is 3.79. The number of hydrogen-bond acceptors (Lipinski definition) is 6. The summed E-state index contributed by atoms with van der Waals surface area (Å²) in [6.45, 7) is 4.18. The van der Waals surface area contributed by atoms with Crippen molar-refractivity contribution in [3.05, 3.63) is 33.7 Å². The Hall–Kier alpha value is -1.36. The Morgan fingerprint density at radius 3 is 2.46 bits per heavy atom. The molecule has 0 fully saturated rings. The molecule has 142 valence electrons. The van der Waals surface area contributed by atoms with E-state index in [9.17, 15) is 13.2 Å². The maximum atomic E-state index is 12.1. The first kappa shape index (κ1) is 20.9. The highest BCUT2D eigenvalue weighted by Gasteiger charge is 2.16. The van der Waals surface area contributed by atoms with Gasteiger partial charge in [0.05, 0.1) is 4.90 Å². The number of nitrogens with zero attached hydrogens (tertiary/aromatic N) is 2. The van der Waals surface area contributed by atoms with Gasteiger partial charge in [0.2, 0.25) is 21.1 Å². The Balaban J connectivity index is 1.84. The maximum Gasteiger partial charge on any atom is 0.240 e. The van der Waals surface area contributed by atoms with Gasteiger partial charge in [-0.05, 0) is 37.1 Å². The summed E-state index contributed by atoms with van der Waals surface area (Å²) < 4.78 is 27.5. The van der Waals surface area contributed by atoms with E-state index in [0.717, 1.165) is 22.3 Å². The van der Waals surface area contributed by atoms with Crippen molar-refractivity contribution in [1.29, 1.82) is 0 Å². The van der Waals surface area contributed by atoms with Crippen LogP contribution < -0.4 is 10.0 Å². The highest BCUT2D eigenvalue weighted by Crippen LogP contribution is 2.28. The SMILES string of the molecule is CCC(CC)c1nnc(NC(=O)CCNS(=O)(=O)c2ccc(Br)cc2)s1. The third kappa shape index (κ3) is 5.83. The molecule has 0 aliphatic heterocycles. The van der Waals surface area contributed by atoms with Crippen molar-refractivity contribution < 1.29 is 13.2 Å². The molecule has 0 saturated carbocycles. The predicted octanol–water partition coefficient (Wildman–Crippen LogP) is 3.51. The molecule has 0 spiro atoms. The van der Waals surface area contributed by atoms with E-state index in [2.05, 4.69) is 50.0 Å². The molecule has 1 aromatic heterocycles. The maximum absolute atomic E-state index is 12.1. The number of amides is 1. The van der Waals surface area contributed by atoms with Crippen LogP contribution in [-0.4, -0.2) is 31.1 Å². The molecule has 0 bridgehead atoms. The quantitative estimate of drug-likeness (QED) is 0.595. The summed E-state index contributed by atoms with van der Waals surface area (Å²) in [6, 6.07) is 6.28. The number of anilines is 1. The van der Waals surface area contributed by atoms with Crippen LogP contribution in [0.15, 0.2) is 33.6 Å². The van der Waals surface area contributed by atoms with E-state index < -0.39 is 10.0 Å². The second kappa shape index (κ2) is 9.54. The highest BCUT2D eigenvalue weighted by atomic mass is 79.9. The van der Waals surface area contributed by atoms with Gasteiger partial charge in [0.15, 0.2) is 0 Å². The zero-order valence-corrected chi connectivity index (χ0v) is 17.7. The van der Waals surface area contributed by atoms with Gasteiger partial charge in [-0.3, -0.25) is 4.79 Å². The fourth-order valence-electron chi connectivity index (χ4n) is 2.27. The largest absolute Gasteiger partial charge is 0.300 e. The molecule has 0 atom stereocenters. The Labute approximate surface area is 165 Å². The monoisotopic (exact) mass is 460 g/mol. The van der Waals surface area contributed by atoms with Crippen LogP contribution in [0.5, 0.6) is 0 Å². The van der Waals surface area contributed by atoms with Crippen molar-refractivity contribution in [2.75, 3.05) is 11.9 Å². The topological polar surface area (TPSA) is 101 Å². The Kier molecular flexibility index (Phi) is 7.69. The zero-order valence-electron chi connectivity index (χ0n) is 14.5. The fraction of sp³-hybridized carbons (Fsp3) is 0.438. The normalized spacial score (nSPS) is 11.7.